The average molecular weight is 499 g/mol. The van der Waals surface area contributed by atoms with E-state index in [2.05, 4.69) is 10.3 Å². The van der Waals surface area contributed by atoms with Crippen molar-refractivity contribution in [2.75, 3.05) is 19.1 Å². The number of hydrogen-bond acceptors (Lipinski definition) is 5. The maximum atomic E-state index is 13.7. The summed E-state index contributed by atoms with van der Waals surface area (Å²) >= 11 is 0. The number of aromatic nitrogens is 2. The van der Waals surface area contributed by atoms with E-state index in [1.165, 1.54) is 0 Å². The molecule has 0 aliphatic carbocycles. The summed E-state index contributed by atoms with van der Waals surface area (Å²) in [6, 6.07) is 22.3. The van der Waals surface area contributed by atoms with Gasteiger partial charge in [-0.3, -0.25) is 9.59 Å². The van der Waals surface area contributed by atoms with Crippen LogP contribution in [0.15, 0.2) is 72.8 Å². The van der Waals surface area contributed by atoms with Gasteiger partial charge in [-0.25, -0.2) is 4.98 Å². The number of piperidine rings is 1. The summed E-state index contributed by atoms with van der Waals surface area (Å²) in [6.07, 6.45) is 0.736. The van der Waals surface area contributed by atoms with Crippen molar-refractivity contribution in [2.24, 2.45) is 13.0 Å². The van der Waals surface area contributed by atoms with Crippen LogP contribution in [-0.4, -0.2) is 35.6 Å². The highest BCUT2D eigenvalue weighted by atomic mass is 16.5. The van der Waals surface area contributed by atoms with E-state index in [1.807, 2.05) is 84.4 Å². The number of nitrogens with one attached hydrogen (secondary N) is 1. The van der Waals surface area contributed by atoms with Crippen molar-refractivity contribution in [1.29, 1.82) is 0 Å². The lowest BCUT2D eigenvalue weighted by atomic mass is 9.83. The molecule has 1 fully saturated rings. The molecule has 8 nitrogen and oxygen atoms in total. The Morgan fingerprint density at radius 1 is 0.973 bits per heavy atom. The van der Waals surface area contributed by atoms with Crippen molar-refractivity contribution < 1.29 is 19.1 Å². The van der Waals surface area contributed by atoms with Gasteiger partial charge in [-0.05, 0) is 60.5 Å². The quantitative estimate of drug-likeness (QED) is 0.409. The number of amides is 2. The fourth-order valence-electron chi connectivity index (χ4n) is 5.05. The van der Waals surface area contributed by atoms with Crippen LogP contribution in [0.2, 0.25) is 0 Å². The van der Waals surface area contributed by atoms with Gasteiger partial charge in [0.2, 0.25) is 11.8 Å². The number of ether oxygens (including phenoxy) is 2. The monoisotopic (exact) mass is 498 g/mol. The lowest BCUT2D eigenvalue weighted by Crippen LogP contribution is -2.48. The van der Waals surface area contributed by atoms with E-state index in [1.54, 1.807) is 19.1 Å². The largest absolute Gasteiger partial charge is 0.497 e. The van der Waals surface area contributed by atoms with E-state index in [4.69, 9.17) is 9.47 Å². The fourth-order valence-corrected chi connectivity index (χ4v) is 5.05. The Labute approximate surface area is 215 Å². The molecule has 0 saturated carbocycles. The zero-order chi connectivity index (χ0) is 25.9. The van der Waals surface area contributed by atoms with Gasteiger partial charge in [0.25, 0.3) is 0 Å². The smallest absolute Gasteiger partial charge is 0.227 e. The summed E-state index contributed by atoms with van der Waals surface area (Å²) in [5, 5.41) is 3.09. The first kappa shape index (κ1) is 24.4. The SMILES string of the molecule is COc1ccc(C2C(C(=O)NCc3nc4ccccc4n3C)CCC(=O)N2c2ccc(OC)cc2)cc1. The molecule has 1 aliphatic heterocycles. The number of hydrogen-bond donors (Lipinski definition) is 1. The first-order chi connectivity index (χ1) is 18.0. The van der Waals surface area contributed by atoms with Gasteiger partial charge in [0.05, 0.1) is 43.8 Å². The number of carbonyl (C=O) groups is 2. The summed E-state index contributed by atoms with van der Waals surface area (Å²) in [5.74, 6) is 1.61. The predicted molar refractivity (Wildman–Crippen MR) is 141 cm³/mol. The minimum absolute atomic E-state index is 0.0228. The van der Waals surface area contributed by atoms with Gasteiger partial charge < -0.3 is 24.3 Å². The van der Waals surface area contributed by atoms with Crippen molar-refractivity contribution in [3.05, 3.63) is 84.2 Å². The number of anilines is 1. The van der Waals surface area contributed by atoms with Gasteiger partial charge in [0, 0.05) is 19.2 Å². The van der Waals surface area contributed by atoms with Crippen molar-refractivity contribution in [3.63, 3.8) is 0 Å². The predicted octanol–water partition coefficient (Wildman–Crippen LogP) is 4.39. The van der Waals surface area contributed by atoms with Crippen molar-refractivity contribution in [3.8, 4) is 11.5 Å². The summed E-state index contributed by atoms with van der Waals surface area (Å²) in [7, 11) is 5.16. The minimum atomic E-state index is -0.471. The molecule has 0 radical (unpaired) electrons. The summed E-state index contributed by atoms with van der Waals surface area (Å²) in [4.78, 5) is 33.3. The third-order valence-corrected chi connectivity index (χ3v) is 7.04. The summed E-state index contributed by atoms with van der Waals surface area (Å²) < 4.78 is 12.6. The minimum Gasteiger partial charge on any atom is -0.497 e. The molecule has 190 valence electrons. The number of fused-ring (bicyclic) bond motifs is 1. The molecule has 2 atom stereocenters. The van der Waals surface area contributed by atoms with Crippen molar-refractivity contribution in [1.82, 2.24) is 14.9 Å². The number of carbonyl (C=O) groups excluding carboxylic acids is 2. The molecule has 2 amide bonds. The number of methoxy groups -OCH3 is 2. The molecule has 2 unspecified atom stereocenters. The van der Waals surface area contributed by atoms with Crippen LogP contribution in [0.3, 0.4) is 0 Å². The Morgan fingerprint density at radius 2 is 1.62 bits per heavy atom. The highest BCUT2D eigenvalue weighted by Gasteiger charge is 2.41. The molecule has 0 bridgehead atoms. The van der Waals surface area contributed by atoms with Gasteiger partial charge in [-0.15, -0.1) is 0 Å². The summed E-state index contributed by atoms with van der Waals surface area (Å²) in [6.45, 7) is 0.298. The van der Waals surface area contributed by atoms with Crippen LogP contribution in [0.4, 0.5) is 5.69 Å². The molecule has 37 heavy (non-hydrogen) atoms. The number of imidazole rings is 1. The number of nitrogens with zero attached hydrogens (tertiary/aromatic N) is 3. The fraction of sp³-hybridized carbons (Fsp3) is 0.276. The summed E-state index contributed by atoms with van der Waals surface area (Å²) in [5.41, 5.74) is 3.49. The van der Waals surface area contributed by atoms with E-state index >= 15 is 0 Å². The van der Waals surface area contributed by atoms with Gasteiger partial charge in [-0.2, -0.15) is 0 Å². The molecule has 5 rings (SSSR count). The molecule has 1 aromatic heterocycles. The average Bonchev–Trinajstić information content (AvgIpc) is 3.27. The van der Waals surface area contributed by atoms with Gasteiger partial charge in [0.1, 0.15) is 17.3 Å². The Kier molecular flexibility index (Phi) is 6.81. The van der Waals surface area contributed by atoms with Gasteiger partial charge >= 0.3 is 0 Å². The lowest BCUT2D eigenvalue weighted by Gasteiger charge is -2.41. The topological polar surface area (TPSA) is 85.7 Å². The maximum absolute atomic E-state index is 13.7. The second-order valence-corrected chi connectivity index (χ2v) is 9.12. The van der Waals surface area contributed by atoms with Crippen molar-refractivity contribution >= 4 is 28.5 Å². The van der Waals surface area contributed by atoms with Crippen LogP contribution in [0.25, 0.3) is 11.0 Å². The third-order valence-electron chi connectivity index (χ3n) is 7.04. The highest BCUT2D eigenvalue weighted by Crippen LogP contribution is 2.41. The molecular weight excluding hydrogens is 468 g/mol. The Morgan fingerprint density at radius 3 is 2.27 bits per heavy atom. The first-order valence-corrected chi connectivity index (χ1v) is 12.3. The van der Waals surface area contributed by atoms with Crippen LogP contribution >= 0.6 is 0 Å². The standard InChI is InChI=1S/C29H30N4O4/c1-32-25-7-5-4-6-24(25)31-26(32)18-30-29(35)23-16-17-27(34)33(20-10-14-22(37-3)15-11-20)28(23)19-8-12-21(36-2)13-9-19/h4-15,23,28H,16-18H2,1-3H3,(H,30,35). The molecule has 0 spiro atoms. The molecule has 8 heteroatoms. The van der Waals surface area contributed by atoms with Gasteiger partial charge in [0.15, 0.2) is 0 Å². The van der Waals surface area contributed by atoms with Crippen LogP contribution in [0, 0.1) is 5.92 Å². The zero-order valence-corrected chi connectivity index (χ0v) is 21.2. The second-order valence-electron chi connectivity index (χ2n) is 9.12. The number of aryl methyl sites for hydroxylation is 1. The maximum Gasteiger partial charge on any atom is 0.227 e. The number of rotatable bonds is 7. The highest BCUT2D eigenvalue weighted by molar-refractivity contribution is 5.97. The van der Waals surface area contributed by atoms with Crippen molar-refractivity contribution in [2.45, 2.75) is 25.4 Å². The first-order valence-electron chi connectivity index (χ1n) is 12.3. The Bertz CT molecular complexity index is 1410. The second kappa shape index (κ2) is 10.3. The molecule has 3 aromatic carbocycles. The van der Waals surface area contributed by atoms with Crippen LogP contribution < -0.4 is 19.7 Å². The van der Waals surface area contributed by atoms with E-state index in [-0.39, 0.29) is 18.2 Å². The Balaban J connectivity index is 1.46. The molecule has 1 N–H and O–H groups in total. The molecule has 1 aliphatic rings. The molecule has 4 aromatic rings. The van der Waals surface area contributed by atoms with E-state index in [0.717, 1.165) is 28.1 Å². The molecular formula is C29H30N4O4. The van der Waals surface area contributed by atoms with E-state index in [9.17, 15) is 9.59 Å². The lowest BCUT2D eigenvalue weighted by molar-refractivity contribution is -0.129. The molecule has 1 saturated heterocycles. The van der Waals surface area contributed by atoms with E-state index in [0.29, 0.717) is 24.5 Å². The zero-order valence-electron chi connectivity index (χ0n) is 21.2. The van der Waals surface area contributed by atoms with Crippen LogP contribution in [0.5, 0.6) is 11.5 Å². The Hall–Kier alpha value is -4.33. The third kappa shape index (κ3) is 4.74. The van der Waals surface area contributed by atoms with Crippen LogP contribution in [0.1, 0.15) is 30.3 Å². The van der Waals surface area contributed by atoms with Crippen LogP contribution in [-0.2, 0) is 23.2 Å². The number of benzene rings is 3. The molecule has 2 heterocycles. The number of para-hydroxylation sites is 2. The normalized spacial score (nSPS) is 17.6. The van der Waals surface area contributed by atoms with E-state index < -0.39 is 12.0 Å². The van der Waals surface area contributed by atoms with Gasteiger partial charge in [-0.1, -0.05) is 24.3 Å².